The van der Waals surface area contributed by atoms with Gasteiger partial charge in [0, 0.05) is 55.1 Å². The summed E-state index contributed by atoms with van der Waals surface area (Å²) in [5, 5.41) is 21.7. The third kappa shape index (κ3) is 4.11. The standard InChI is InChI=1S/C22H22N8O.H2S/c23-14-29-10-2-3-15(13-29)22(31)25-8-5-16-11-18-17(6-9-24-21(18)28-16)19-12-27-30-20(19)4-1-7-26-30;/h1,4,6-7,9,11-12,15H,2-3,5,8,10,13H2,(H,24,28)(H,25,31);1H2/t15-;/m0./s1. The van der Waals surface area contributed by atoms with Gasteiger partial charge in [0.05, 0.1) is 17.6 Å². The first-order valence-electron chi connectivity index (χ1n) is 10.4. The number of H-pyrrole nitrogens is 1. The highest BCUT2D eigenvalue weighted by atomic mass is 32.1. The Kier molecular flexibility index (Phi) is 6.28. The number of piperidine rings is 1. The monoisotopic (exact) mass is 448 g/mol. The third-order valence-corrected chi connectivity index (χ3v) is 5.81. The fourth-order valence-corrected chi connectivity index (χ4v) is 4.24. The van der Waals surface area contributed by atoms with Crippen molar-refractivity contribution in [3.8, 4) is 17.3 Å². The lowest BCUT2D eigenvalue weighted by atomic mass is 9.97. The first kappa shape index (κ1) is 21.6. The molecule has 4 aromatic rings. The molecule has 1 amide bonds. The van der Waals surface area contributed by atoms with E-state index in [-0.39, 0.29) is 25.3 Å². The molecule has 32 heavy (non-hydrogen) atoms. The molecule has 5 rings (SSSR count). The minimum Gasteiger partial charge on any atom is -0.355 e. The Bertz CT molecular complexity index is 1290. The quantitative estimate of drug-likeness (QED) is 0.453. The predicted molar refractivity (Wildman–Crippen MR) is 125 cm³/mol. The van der Waals surface area contributed by atoms with Crippen LogP contribution in [0, 0.1) is 17.4 Å². The molecular weight excluding hydrogens is 424 g/mol. The maximum atomic E-state index is 12.5. The van der Waals surface area contributed by atoms with Crippen molar-refractivity contribution in [1.82, 2.24) is 35.0 Å². The highest BCUT2D eigenvalue weighted by Crippen LogP contribution is 2.30. The molecule has 5 heterocycles. The lowest BCUT2D eigenvalue weighted by Gasteiger charge is -2.27. The Hall–Kier alpha value is -3.58. The number of fused-ring (bicyclic) bond motifs is 2. The van der Waals surface area contributed by atoms with Gasteiger partial charge in [-0.15, -0.1) is 0 Å². The van der Waals surface area contributed by atoms with Crippen molar-refractivity contribution in [2.45, 2.75) is 19.3 Å². The Morgan fingerprint density at radius 1 is 1.28 bits per heavy atom. The minimum atomic E-state index is -0.117. The molecule has 0 spiro atoms. The summed E-state index contributed by atoms with van der Waals surface area (Å²) >= 11 is 0. The second-order valence-corrected chi connectivity index (χ2v) is 7.80. The summed E-state index contributed by atoms with van der Waals surface area (Å²) in [4.78, 5) is 22.0. The van der Waals surface area contributed by atoms with Gasteiger partial charge in [-0.3, -0.25) is 4.79 Å². The van der Waals surface area contributed by atoms with Gasteiger partial charge in [0.25, 0.3) is 0 Å². The zero-order chi connectivity index (χ0) is 21.2. The number of likely N-dealkylation sites (tertiary alicyclic amines) is 1. The summed E-state index contributed by atoms with van der Waals surface area (Å²) in [6, 6.07) is 7.95. The van der Waals surface area contributed by atoms with Gasteiger partial charge in [-0.2, -0.15) is 33.6 Å². The molecule has 1 aliphatic heterocycles. The molecule has 2 N–H and O–H groups in total. The van der Waals surface area contributed by atoms with Crippen LogP contribution in [0.15, 0.2) is 42.9 Å². The Labute approximate surface area is 191 Å². The van der Waals surface area contributed by atoms with Crippen LogP contribution in [-0.2, 0) is 11.2 Å². The number of hydrogen-bond donors (Lipinski definition) is 2. The van der Waals surface area contributed by atoms with Crippen LogP contribution < -0.4 is 5.32 Å². The minimum absolute atomic E-state index is 0. The average Bonchev–Trinajstić information content (AvgIpc) is 3.43. The summed E-state index contributed by atoms with van der Waals surface area (Å²) in [5.74, 6) is -0.0951. The number of carbonyl (C=O) groups is 1. The van der Waals surface area contributed by atoms with Gasteiger partial charge in [-0.1, -0.05) is 0 Å². The third-order valence-electron chi connectivity index (χ3n) is 5.81. The average molecular weight is 449 g/mol. The second kappa shape index (κ2) is 9.28. The van der Waals surface area contributed by atoms with E-state index in [1.807, 2.05) is 24.4 Å². The van der Waals surface area contributed by atoms with E-state index in [0.29, 0.717) is 19.5 Å². The number of nitrogens with one attached hydrogen (secondary N) is 2. The zero-order valence-corrected chi connectivity index (χ0v) is 18.5. The number of carbonyl (C=O) groups excluding carboxylic acids is 1. The van der Waals surface area contributed by atoms with Crippen LogP contribution in [0.1, 0.15) is 18.5 Å². The van der Waals surface area contributed by atoms with Crippen LogP contribution in [0.4, 0.5) is 0 Å². The smallest absolute Gasteiger partial charge is 0.224 e. The number of rotatable bonds is 5. The summed E-state index contributed by atoms with van der Waals surface area (Å²) in [6.45, 7) is 1.79. The summed E-state index contributed by atoms with van der Waals surface area (Å²) in [5.41, 5.74) is 4.78. The molecule has 164 valence electrons. The van der Waals surface area contributed by atoms with Crippen molar-refractivity contribution >= 4 is 36.0 Å². The van der Waals surface area contributed by atoms with Gasteiger partial charge in [0.15, 0.2) is 6.19 Å². The van der Waals surface area contributed by atoms with Crippen molar-refractivity contribution in [3.63, 3.8) is 0 Å². The van der Waals surface area contributed by atoms with Crippen molar-refractivity contribution in [2.24, 2.45) is 5.92 Å². The molecule has 1 saturated heterocycles. The molecule has 0 saturated carbocycles. The molecule has 9 nitrogen and oxygen atoms in total. The molecule has 1 aliphatic rings. The number of nitrogens with zero attached hydrogens (tertiary/aromatic N) is 6. The number of nitriles is 1. The predicted octanol–water partition coefficient (Wildman–Crippen LogP) is 2.24. The van der Waals surface area contributed by atoms with E-state index in [1.165, 1.54) is 0 Å². The SMILES string of the molecule is N#CN1CCC[C@H](C(=O)NCCc2cc3c(-c4cnn5ncccc45)ccnc3[nH]2)C1.S. The molecule has 0 unspecified atom stereocenters. The molecule has 0 bridgehead atoms. The van der Waals surface area contributed by atoms with E-state index in [0.717, 1.165) is 52.8 Å². The Morgan fingerprint density at radius 3 is 3.06 bits per heavy atom. The topological polar surface area (TPSA) is 115 Å². The molecule has 1 fully saturated rings. The number of aromatic nitrogens is 5. The van der Waals surface area contributed by atoms with Gasteiger partial charge in [-0.05, 0) is 42.7 Å². The molecule has 1 atom stereocenters. The van der Waals surface area contributed by atoms with Gasteiger partial charge < -0.3 is 15.2 Å². The first-order valence-corrected chi connectivity index (χ1v) is 10.4. The van der Waals surface area contributed by atoms with E-state index in [4.69, 9.17) is 5.26 Å². The highest BCUT2D eigenvalue weighted by molar-refractivity contribution is 7.59. The maximum absolute atomic E-state index is 12.5. The number of pyridine rings is 1. The normalized spacial score (nSPS) is 16.0. The van der Waals surface area contributed by atoms with E-state index in [2.05, 4.69) is 37.7 Å². The van der Waals surface area contributed by atoms with Gasteiger partial charge >= 0.3 is 0 Å². The molecule has 10 heteroatoms. The van der Waals surface area contributed by atoms with Crippen molar-refractivity contribution in [1.29, 1.82) is 5.26 Å². The first-order chi connectivity index (χ1) is 15.2. The molecule has 4 aromatic heterocycles. The van der Waals surface area contributed by atoms with E-state index in [9.17, 15) is 4.79 Å². The summed E-state index contributed by atoms with van der Waals surface area (Å²) < 4.78 is 1.61. The van der Waals surface area contributed by atoms with E-state index < -0.39 is 0 Å². The fraction of sp³-hybridized carbons (Fsp3) is 0.318. The van der Waals surface area contributed by atoms with E-state index in [1.54, 1.807) is 21.9 Å². The lowest BCUT2D eigenvalue weighted by Crippen LogP contribution is -2.41. The number of hydrogen-bond acceptors (Lipinski definition) is 6. The van der Waals surface area contributed by atoms with Gasteiger partial charge in [-0.25, -0.2) is 4.98 Å². The van der Waals surface area contributed by atoms with Gasteiger partial charge in [0.1, 0.15) is 5.65 Å². The second-order valence-electron chi connectivity index (χ2n) is 7.80. The zero-order valence-electron chi connectivity index (χ0n) is 17.5. The molecule has 0 aromatic carbocycles. The lowest BCUT2D eigenvalue weighted by molar-refractivity contribution is -0.126. The van der Waals surface area contributed by atoms with Crippen molar-refractivity contribution in [3.05, 3.63) is 48.5 Å². The van der Waals surface area contributed by atoms with Crippen LogP contribution in [-0.4, -0.2) is 55.2 Å². The highest BCUT2D eigenvalue weighted by Gasteiger charge is 2.25. The van der Waals surface area contributed by atoms with Crippen molar-refractivity contribution in [2.75, 3.05) is 19.6 Å². The van der Waals surface area contributed by atoms with Crippen LogP contribution in [0.2, 0.25) is 0 Å². The molecular formula is C22H24N8OS. The fourth-order valence-electron chi connectivity index (χ4n) is 4.24. The number of amides is 1. The van der Waals surface area contributed by atoms with Crippen LogP contribution >= 0.6 is 13.5 Å². The largest absolute Gasteiger partial charge is 0.355 e. The van der Waals surface area contributed by atoms with Crippen LogP contribution in [0.25, 0.3) is 27.7 Å². The molecule has 0 aliphatic carbocycles. The van der Waals surface area contributed by atoms with Crippen LogP contribution in [0.3, 0.4) is 0 Å². The molecule has 0 radical (unpaired) electrons. The van der Waals surface area contributed by atoms with Crippen LogP contribution in [0.5, 0.6) is 0 Å². The van der Waals surface area contributed by atoms with E-state index >= 15 is 0 Å². The number of aromatic amines is 1. The maximum Gasteiger partial charge on any atom is 0.224 e. The van der Waals surface area contributed by atoms with Gasteiger partial charge in [0.2, 0.25) is 5.91 Å². The summed E-state index contributed by atoms with van der Waals surface area (Å²) in [7, 11) is 0. The summed E-state index contributed by atoms with van der Waals surface area (Å²) in [6.07, 6.45) is 9.83. The van der Waals surface area contributed by atoms with Crippen molar-refractivity contribution < 1.29 is 4.79 Å². The Balaban J connectivity index is 0.00000245. The Morgan fingerprint density at radius 2 is 2.19 bits per heavy atom.